The van der Waals surface area contributed by atoms with E-state index in [4.69, 9.17) is 9.47 Å². The molecule has 31 heavy (non-hydrogen) atoms. The van der Waals surface area contributed by atoms with Gasteiger partial charge >= 0.3 is 0 Å². The molecular weight excluding hydrogens is 397 g/mol. The normalized spacial score (nSPS) is 19.3. The maximum Gasteiger partial charge on any atom is 0.229 e. The molecule has 0 unspecified atom stereocenters. The number of piperidine rings is 1. The first-order valence-corrected chi connectivity index (χ1v) is 11.0. The highest BCUT2D eigenvalue weighted by Gasteiger charge is 2.43. The molecule has 2 aromatic rings. The minimum atomic E-state index is -0.509. The number of aliphatic hydroxyl groups excluding tert-OH is 1. The minimum absolute atomic E-state index is 0.163. The molecule has 0 aromatic heterocycles. The first-order valence-electron chi connectivity index (χ1n) is 11.0. The number of nitrogens with zero attached hydrogens (tertiary/aromatic N) is 1. The second-order valence-electron chi connectivity index (χ2n) is 8.64. The third-order valence-electron chi connectivity index (χ3n) is 6.60. The Bertz CT molecular complexity index is 917. The number of carbonyl (C=O) groups excluding carboxylic acids is 1. The van der Waals surface area contributed by atoms with Gasteiger partial charge in [-0.25, -0.2) is 4.39 Å². The number of hydrogen-bond acceptors (Lipinski definition) is 4. The summed E-state index contributed by atoms with van der Waals surface area (Å²) in [7, 11) is 1.58. The zero-order chi connectivity index (χ0) is 21.8. The van der Waals surface area contributed by atoms with Gasteiger partial charge in [-0.05, 0) is 61.4 Å². The molecule has 2 saturated heterocycles. The zero-order valence-electron chi connectivity index (χ0n) is 18.0. The van der Waals surface area contributed by atoms with Crippen LogP contribution in [0.15, 0.2) is 42.5 Å². The first kappa shape index (κ1) is 21.8. The summed E-state index contributed by atoms with van der Waals surface area (Å²) in [5.41, 5.74) is 2.09. The van der Waals surface area contributed by atoms with Gasteiger partial charge in [-0.15, -0.1) is 0 Å². The molecule has 6 heteroatoms. The Morgan fingerprint density at radius 1 is 1.19 bits per heavy atom. The lowest BCUT2D eigenvalue weighted by Gasteiger charge is -2.41. The number of likely N-dealkylation sites (tertiary alicyclic amines) is 1. The van der Waals surface area contributed by atoms with Crippen LogP contribution < -0.4 is 4.74 Å². The fourth-order valence-electron chi connectivity index (χ4n) is 4.78. The van der Waals surface area contributed by atoms with Crippen molar-refractivity contribution >= 4 is 5.91 Å². The number of benzene rings is 2. The van der Waals surface area contributed by atoms with Crippen LogP contribution in [0.5, 0.6) is 5.75 Å². The van der Waals surface area contributed by atoms with Gasteiger partial charge in [0, 0.05) is 31.9 Å². The molecule has 0 radical (unpaired) electrons. The van der Waals surface area contributed by atoms with Crippen molar-refractivity contribution in [2.45, 2.75) is 38.2 Å². The van der Waals surface area contributed by atoms with Crippen LogP contribution >= 0.6 is 0 Å². The number of amides is 1. The highest BCUT2D eigenvalue weighted by atomic mass is 19.1. The van der Waals surface area contributed by atoms with Crippen LogP contribution in [0.2, 0.25) is 0 Å². The minimum Gasteiger partial charge on any atom is -0.496 e. The second-order valence-corrected chi connectivity index (χ2v) is 8.64. The predicted octanol–water partition coefficient (Wildman–Crippen LogP) is 3.82. The van der Waals surface area contributed by atoms with Crippen LogP contribution in [-0.2, 0) is 16.0 Å². The van der Waals surface area contributed by atoms with Crippen LogP contribution in [-0.4, -0.2) is 55.4 Å². The van der Waals surface area contributed by atoms with E-state index in [1.807, 2.05) is 29.2 Å². The Hall–Kier alpha value is -2.44. The maximum absolute atomic E-state index is 13.9. The number of halogens is 1. The molecule has 166 valence electrons. The van der Waals surface area contributed by atoms with E-state index in [1.54, 1.807) is 13.2 Å². The van der Waals surface area contributed by atoms with E-state index in [1.165, 1.54) is 12.1 Å². The summed E-state index contributed by atoms with van der Waals surface area (Å²) in [6, 6.07) is 12.4. The van der Waals surface area contributed by atoms with Gasteiger partial charge < -0.3 is 19.5 Å². The third kappa shape index (κ3) is 4.75. The van der Waals surface area contributed by atoms with Crippen LogP contribution in [0.4, 0.5) is 4.39 Å². The van der Waals surface area contributed by atoms with Gasteiger partial charge in [0.05, 0.1) is 18.6 Å². The fraction of sp³-hybridized carbons (Fsp3) is 0.480. The number of ether oxygens (including phenoxy) is 2. The molecule has 0 saturated carbocycles. The number of hydrogen-bond donors (Lipinski definition) is 1. The van der Waals surface area contributed by atoms with Crippen LogP contribution in [0.25, 0.3) is 11.1 Å². The third-order valence-corrected chi connectivity index (χ3v) is 6.60. The lowest BCUT2D eigenvalue weighted by molar-refractivity contribution is -0.150. The van der Waals surface area contributed by atoms with Crippen molar-refractivity contribution in [3.05, 3.63) is 53.8 Å². The second kappa shape index (κ2) is 9.37. The molecule has 1 amide bonds. The Labute approximate surface area is 182 Å². The fourth-order valence-corrected chi connectivity index (χ4v) is 4.78. The van der Waals surface area contributed by atoms with Gasteiger partial charge in [-0.2, -0.15) is 0 Å². The predicted molar refractivity (Wildman–Crippen MR) is 116 cm³/mol. The van der Waals surface area contributed by atoms with E-state index in [0.29, 0.717) is 69.7 Å². The zero-order valence-corrected chi connectivity index (χ0v) is 18.0. The average Bonchev–Trinajstić information content (AvgIpc) is 2.80. The summed E-state index contributed by atoms with van der Waals surface area (Å²) in [5, 5.41) is 9.82. The van der Waals surface area contributed by atoms with Gasteiger partial charge in [-0.1, -0.05) is 24.3 Å². The number of rotatable bonds is 5. The SMILES string of the molecule is COc1ccc(F)cc1-c1cccc(CC2(C(=O)N3CCC(O)CC3)CCOCC2)c1. The van der Waals surface area contributed by atoms with Crippen molar-refractivity contribution in [3.63, 3.8) is 0 Å². The molecule has 2 aliphatic rings. The van der Waals surface area contributed by atoms with E-state index in [-0.39, 0.29) is 17.8 Å². The summed E-state index contributed by atoms with van der Waals surface area (Å²) in [4.78, 5) is 15.5. The molecule has 0 bridgehead atoms. The molecule has 2 aliphatic heterocycles. The molecule has 0 spiro atoms. The maximum atomic E-state index is 13.9. The molecule has 2 heterocycles. The lowest BCUT2D eigenvalue weighted by Crippen LogP contribution is -2.51. The standard InChI is InChI=1S/C25H30FNO4/c1-30-23-6-5-20(26)16-22(23)19-4-2-3-18(15-19)17-25(9-13-31-14-10-25)24(29)27-11-7-21(28)8-12-27/h2-6,15-16,21,28H,7-14,17H2,1H3. The van der Waals surface area contributed by atoms with E-state index >= 15 is 0 Å². The molecule has 0 atom stereocenters. The van der Waals surface area contributed by atoms with Crippen molar-refractivity contribution in [1.29, 1.82) is 0 Å². The van der Waals surface area contributed by atoms with Gasteiger partial charge in [0.25, 0.3) is 0 Å². The molecule has 1 N–H and O–H groups in total. The Morgan fingerprint density at radius 3 is 2.65 bits per heavy atom. The smallest absolute Gasteiger partial charge is 0.229 e. The molecular formula is C25H30FNO4. The van der Waals surface area contributed by atoms with E-state index < -0.39 is 5.41 Å². The van der Waals surface area contributed by atoms with Crippen LogP contribution in [0, 0.1) is 11.2 Å². The molecule has 5 nitrogen and oxygen atoms in total. The Kier molecular flexibility index (Phi) is 6.58. The van der Waals surface area contributed by atoms with Crippen LogP contribution in [0.1, 0.15) is 31.2 Å². The van der Waals surface area contributed by atoms with Crippen molar-refractivity contribution in [3.8, 4) is 16.9 Å². The quantitative estimate of drug-likeness (QED) is 0.788. The number of carbonyl (C=O) groups is 1. The van der Waals surface area contributed by atoms with Crippen molar-refractivity contribution in [2.75, 3.05) is 33.4 Å². The Morgan fingerprint density at radius 2 is 1.94 bits per heavy atom. The summed E-state index contributed by atoms with van der Waals surface area (Å²) in [5.74, 6) is 0.461. The van der Waals surface area contributed by atoms with E-state index in [0.717, 1.165) is 11.1 Å². The van der Waals surface area contributed by atoms with Crippen molar-refractivity contribution in [2.24, 2.45) is 5.41 Å². The van der Waals surface area contributed by atoms with Gasteiger partial charge in [0.15, 0.2) is 0 Å². The lowest BCUT2D eigenvalue weighted by atomic mass is 9.73. The molecule has 0 aliphatic carbocycles. The number of aliphatic hydroxyl groups is 1. The molecule has 4 rings (SSSR count). The van der Waals surface area contributed by atoms with Crippen LogP contribution in [0.3, 0.4) is 0 Å². The number of methoxy groups -OCH3 is 1. The summed E-state index contributed by atoms with van der Waals surface area (Å²) >= 11 is 0. The van der Waals surface area contributed by atoms with Crippen molar-refractivity contribution in [1.82, 2.24) is 4.90 Å². The van der Waals surface area contributed by atoms with E-state index in [2.05, 4.69) is 0 Å². The highest BCUT2D eigenvalue weighted by Crippen LogP contribution is 2.39. The highest BCUT2D eigenvalue weighted by molar-refractivity contribution is 5.83. The first-order chi connectivity index (χ1) is 15.0. The van der Waals surface area contributed by atoms with Gasteiger partial charge in [-0.3, -0.25) is 4.79 Å². The topological polar surface area (TPSA) is 59.0 Å². The summed E-state index contributed by atoms with van der Waals surface area (Å²) in [6.07, 6.45) is 2.92. The molecule has 2 fully saturated rings. The largest absolute Gasteiger partial charge is 0.496 e. The average molecular weight is 428 g/mol. The monoisotopic (exact) mass is 427 g/mol. The van der Waals surface area contributed by atoms with Gasteiger partial charge in [0.1, 0.15) is 11.6 Å². The van der Waals surface area contributed by atoms with Crippen molar-refractivity contribution < 1.29 is 23.8 Å². The summed E-state index contributed by atoms with van der Waals surface area (Å²) < 4.78 is 24.9. The summed E-state index contributed by atoms with van der Waals surface area (Å²) in [6.45, 7) is 2.34. The Balaban J connectivity index is 1.62. The molecule has 2 aromatic carbocycles. The van der Waals surface area contributed by atoms with Gasteiger partial charge in [0.2, 0.25) is 5.91 Å². The van der Waals surface area contributed by atoms with E-state index in [9.17, 15) is 14.3 Å².